The maximum Gasteiger partial charge on any atom is 0.407 e. The summed E-state index contributed by atoms with van der Waals surface area (Å²) in [4.78, 5) is 29.0. The summed E-state index contributed by atoms with van der Waals surface area (Å²) in [6.07, 6.45) is 1.50. The minimum absolute atomic E-state index is 0.129. The number of nitriles is 1. The highest BCUT2D eigenvalue weighted by molar-refractivity contribution is 6.34. The predicted octanol–water partition coefficient (Wildman–Crippen LogP) is 2.49. The van der Waals surface area contributed by atoms with E-state index in [1.54, 1.807) is 46.0 Å². The molecule has 0 radical (unpaired) electrons. The first kappa shape index (κ1) is 24.9. The van der Waals surface area contributed by atoms with Crippen molar-refractivity contribution < 1.29 is 9.53 Å². The molecule has 3 rings (SSSR count). The fourth-order valence-electron chi connectivity index (χ4n) is 3.25. The zero-order valence-corrected chi connectivity index (χ0v) is 20.2. The van der Waals surface area contributed by atoms with Crippen molar-refractivity contribution in [2.24, 2.45) is 0 Å². The summed E-state index contributed by atoms with van der Waals surface area (Å²) in [5.74, 6) is 0.400. The number of halogens is 1. The maximum atomic E-state index is 12.8. The summed E-state index contributed by atoms with van der Waals surface area (Å²) < 4.78 is 8.04. The van der Waals surface area contributed by atoms with E-state index in [2.05, 4.69) is 20.7 Å². The van der Waals surface area contributed by atoms with E-state index in [1.165, 1.54) is 9.08 Å². The second-order valence-corrected chi connectivity index (χ2v) is 8.98. The lowest BCUT2D eigenvalue weighted by molar-refractivity contribution is 0.0526. The van der Waals surface area contributed by atoms with Gasteiger partial charge in [0.05, 0.1) is 5.69 Å². The molecule has 1 amide bonds. The average Bonchev–Trinajstić information content (AvgIpc) is 3.04. The first-order valence-electron chi connectivity index (χ1n) is 10.6. The number of aromatic nitrogens is 4. The Labute approximate surface area is 201 Å². The van der Waals surface area contributed by atoms with Gasteiger partial charge in [-0.25, -0.2) is 9.78 Å². The van der Waals surface area contributed by atoms with Gasteiger partial charge in [0.25, 0.3) is 5.56 Å². The van der Waals surface area contributed by atoms with Crippen LogP contribution >= 0.6 is 11.6 Å². The van der Waals surface area contributed by atoms with Crippen LogP contribution in [0.25, 0.3) is 5.65 Å². The van der Waals surface area contributed by atoms with Crippen LogP contribution in [0, 0.1) is 18.3 Å². The summed E-state index contributed by atoms with van der Waals surface area (Å²) in [6.45, 7) is 7.93. The van der Waals surface area contributed by atoms with Gasteiger partial charge in [-0.05, 0) is 40.2 Å². The van der Waals surface area contributed by atoms with Crippen molar-refractivity contribution in [3.8, 4) is 6.07 Å². The second kappa shape index (κ2) is 10.0. The number of nitrogens with two attached hydrogens (primary N) is 1. The molecule has 3 aromatic heterocycles. The van der Waals surface area contributed by atoms with Crippen LogP contribution in [0.3, 0.4) is 0 Å². The maximum absolute atomic E-state index is 12.8. The monoisotopic (exact) mass is 486 g/mol. The molecule has 0 unspecified atom stereocenters. The average molecular weight is 487 g/mol. The molecule has 0 aliphatic carbocycles. The summed E-state index contributed by atoms with van der Waals surface area (Å²) in [5.41, 5.74) is 6.93. The highest BCUT2D eigenvalue weighted by Gasteiger charge is 2.18. The van der Waals surface area contributed by atoms with Gasteiger partial charge >= 0.3 is 6.09 Å². The van der Waals surface area contributed by atoms with E-state index in [9.17, 15) is 14.9 Å². The van der Waals surface area contributed by atoms with Gasteiger partial charge in [0.1, 0.15) is 33.9 Å². The van der Waals surface area contributed by atoms with Crippen LogP contribution < -0.4 is 21.9 Å². The van der Waals surface area contributed by atoms with Crippen molar-refractivity contribution >= 4 is 35.0 Å². The number of carbonyl (C=O) groups is 1. The molecule has 12 heteroatoms. The molecule has 0 fully saturated rings. The van der Waals surface area contributed by atoms with E-state index in [1.807, 2.05) is 6.07 Å². The normalized spacial score (nSPS) is 11.3. The second-order valence-electron chi connectivity index (χ2n) is 8.60. The van der Waals surface area contributed by atoms with Gasteiger partial charge in [-0.3, -0.25) is 4.79 Å². The highest BCUT2D eigenvalue weighted by atomic mass is 35.5. The van der Waals surface area contributed by atoms with Gasteiger partial charge < -0.3 is 25.7 Å². The van der Waals surface area contributed by atoms with E-state index in [-0.39, 0.29) is 29.3 Å². The van der Waals surface area contributed by atoms with Gasteiger partial charge in [0.2, 0.25) is 0 Å². The SMILES string of the molecule is Cc1nn2c(N)c(C#N)c(NCCc3cccn(CCNC(=O)OC(C)(C)C)c3=O)nc2c1Cl. The van der Waals surface area contributed by atoms with Crippen LogP contribution in [0.1, 0.15) is 37.6 Å². The number of hydrogen-bond donors (Lipinski definition) is 3. The first-order valence-corrected chi connectivity index (χ1v) is 11.0. The number of aryl methyl sites for hydroxylation is 1. The van der Waals surface area contributed by atoms with Crippen molar-refractivity contribution in [1.29, 1.82) is 5.26 Å². The Balaban J connectivity index is 1.66. The topological polar surface area (TPSA) is 152 Å². The van der Waals surface area contributed by atoms with Crippen molar-refractivity contribution in [3.05, 3.63) is 50.5 Å². The first-order chi connectivity index (χ1) is 16.0. The van der Waals surface area contributed by atoms with E-state index in [0.29, 0.717) is 41.4 Å². The molecule has 0 aliphatic rings. The Morgan fingerprint density at radius 1 is 1.35 bits per heavy atom. The summed E-state index contributed by atoms with van der Waals surface area (Å²) in [6, 6.07) is 5.53. The summed E-state index contributed by atoms with van der Waals surface area (Å²) in [7, 11) is 0. The standard InChI is InChI=1S/C22H27ClN8O3/c1-13-16(23)19-28-18(15(12-24)17(25)31(19)29-13)26-8-7-14-6-5-10-30(20(14)32)11-9-27-21(33)34-22(2,3)4/h5-6,10H,7-9,11,25H2,1-4H3,(H,26,28)(H,27,33). The van der Waals surface area contributed by atoms with Crippen molar-refractivity contribution in [2.45, 2.75) is 46.3 Å². The lowest BCUT2D eigenvalue weighted by atomic mass is 10.2. The van der Waals surface area contributed by atoms with E-state index >= 15 is 0 Å². The highest BCUT2D eigenvalue weighted by Crippen LogP contribution is 2.27. The molecule has 0 saturated heterocycles. The minimum atomic E-state index is -0.592. The number of ether oxygens (including phenoxy) is 1. The number of rotatable bonds is 7. The van der Waals surface area contributed by atoms with Crippen LogP contribution in [0.5, 0.6) is 0 Å². The van der Waals surface area contributed by atoms with Crippen LogP contribution in [0.2, 0.25) is 5.02 Å². The Morgan fingerprint density at radius 3 is 2.76 bits per heavy atom. The zero-order valence-electron chi connectivity index (χ0n) is 19.5. The number of fused-ring (bicyclic) bond motifs is 1. The third-order valence-corrected chi connectivity index (χ3v) is 5.26. The summed E-state index contributed by atoms with van der Waals surface area (Å²) >= 11 is 6.25. The molecule has 0 spiro atoms. The van der Waals surface area contributed by atoms with Crippen LogP contribution in [0.4, 0.5) is 16.4 Å². The molecule has 180 valence electrons. The van der Waals surface area contributed by atoms with Gasteiger partial charge in [-0.1, -0.05) is 17.7 Å². The number of hydrogen-bond acceptors (Lipinski definition) is 8. The molecule has 3 heterocycles. The number of amides is 1. The smallest absolute Gasteiger partial charge is 0.407 e. The number of anilines is 2. The van der Waals surface area contributed by atoms with Crippen molar-refractivity contribution in [1.82, 2.24) is 24.5 Å². The Kier molecular flexibility index (Phi) is 7.32. The Morgan fingerprint density at radius 2 is 2.09 bits per heavy atom. The van der Waals surface area contributed by atoms with Gasteiger partial charge in [0.15, 0.2) is 5.65 Å². The predicted molar refractivity (Wildman–Crippen MR) is 129 cm³/mol. The lowest BCUT2D eigenvalue weighted by Gasteiger charge is -2.19. The van der Waals surface area contributed by atoms with E-state index in [0.717, 1.165) is 0 Å². The van der Waals surface area contributed by atoms with Gasteiger partial charge in [-0.2, -0.15) is 14.9 Å². The van der Waals surface area contributed by atoms with Crippen LogP contribution in [-0.2, 0) is 17.7 Å². The third-order valence-electron chi connectivity index (χ3n) is 4.82. The molecule has 4 N–H and O–H groups in total. The molecule has 0 aromatic carbocycles. The van der Waals surface area contributed by atoms with E-state index < -0.39 is 11.7 Å². The number of carbonyl (C=O) groups excluding carboxylic acids is 1. The van der Waals surface area contributed by atoms with E-state index in [4.69, 9.17) is 22.1 Å². The number of nitrogens with zero attached hydrogens (tertiary/aromatic N) is 5. The molecule has 3 aromatic rings. The fraction of sp³-hybridized carbons (Fsp3) is 0.409. The van der Waals surface area contributed by atoms with Crippen molar-refractivity contribution in [2.75, 3.05) is 24.1 Å². The largest absolute Gasteiger partial charge is 0.444 e. The molecule has 0 atom stereocenters. The number of alkyl carbamates (subject to hydrolysis) is 1. The molecule has 0 bridgehead atoms. The van der Waals surface area contributed by atoms with Crippen molar-refractivity contribution in [3.63, 3.8) is 0 Å². The Bertz CT molecular complexity index is 1320. The third kappa shape index (κ3) is 5.58. The summed E-state index contributed by atoms with van der Waals surface area (Å²) in [5, 5.41) is 19.8. The number of nitrogens with one attached hydrogen (secondary N) is 2. The number of pyridine rings is 1. The number of nitrogen functional groups attached to an aromatic ring is 1. The van der Waals surface area contributed by atoms with Gasteiger partial charge in [-0.15, -0.1) is 0 Å². The molecule has 0 saturated carbocycles. The molecular formula is C22H27ClN8O3. The minimum Gasteiger partial charge on any atom is -0.444 e. The lowest BCUT2D eigenvalue weighted by Crippen LogP contribution is -2.35. The van der Waals surface area contributed by atoms with Crippen LogP contribution in [-0.4, -0.2) is 43.9 Å². The van der Waals surface area contributed by atoms with Gasteiger partial charge in [0, 0.05) is 31.4 Å². The molecule has 11 nitrogen and oxygen atoms in total. The fourth-order valence-corrected chi connectivity index (χ4v) is 3.41. The Hall–Kier alpha value is -3.78. The molecular weight excluding hydrogens is 460 g/mol. The zero-order chi connectivity index (χ0) is 25.0. The molecule has 34 heavy (non-hydrogen) atoms. The van der Waals surface area contributed by atoms with Crippen LogP contribution in [0.15, 0.2) is 23.1 Å². The molecule has 0 aliphatic heterocycles. The quantitative estimate of drug-likeness (QED) is 0.460.